The maximum atomic E-state index is 13.5. The largest absolute Gasteiger partial charge is 0.466 e. The predicted octanol–water partition coefficient (Wildman–Crippen LogP) is 2.59. The third kappa shape index (κ3) is 3.04. The molecule has 0 saturated heterocycles. The number of halogens is 2. The van der Waals surface area contributed by atoms with Crippen molar-refractivity contribution in [1.29, 1.82) is 0 Å². The zero-order valence-corrected chi connectivity index (χ0v) is 10.3. The molecule has 1 rings (SSSR count). The lowest BCUT2D eigenvalue weighted by Gasteiger charge is -2.21. The van der Waals surface area contributed by atoms with Gasteiger partial charge in [-0.3, -0.25) is 4.79 Å². The second-order valence-corrected chi connectivity index (χ2v) is 3.85. The van der Waals surface area contributed by atoms with Gasteiger partial charge >= 0.3 is 5.97 Å². The van der Waals surface area contributed by atoms with Gasteiger partial charge in [-0.15, -0.1) is 0 Å². The standard InChI is InChI=1S/C13H16F2O3/c1-3-8(13(17)18-4-2)12(16)11-9(14)6-5-7-10(11)15/h5-8,12,16H,3-4H2,1-2H3. The summed E-state index contributed by atoms with van der Waals surface area (Å²) in [5.74, 6) is -3.37. The van der Waals surface area contributed by atoms with Crippen LogP contribution >= 0.6 is 0 Å². The molecule has 0 saturated carbocycles. The molecule has 0 bridgehead atoms. The van der Waals surface area contributed by atoms with Crippen molar-refractivity contribution in [3.63, 3.8) is 0 Å². The van der Waals surface area contributed by atoms with E-state index in [4.69, 9.17) is 4.74 Å². The zero-order valence-electron chi connectivity index (χ0n) is 10.3. The van der Waals surface area contributed by atoms with Gasteiger partial charge < -0.3 is 9.84 Å². The molecule has 0 aliphatic rings. The molecule has 1 N–H and O–H groups in total. The highest BCUT2D eigenvalue weighted by molar-refractivity contribution is 5.73. The molecule has 0 fully saturated rings. The Bertz CT molecular complexity index is 400. The number of benzene rings is 1. The number of ether oxygens (including phenoxy) is 1. The maximum Gasteiger partial charge on any atom is 0.311 e. The summed E-state index contributed by atoms with van der Waals surface area (Å²) in [7, 11) is 0. The Labute approximate surface area is 104 Å². The molecule has 3 nitrogen and oxygen atoms in total. The molecule has 2 unspecified atom stereocenters. The third-order valence-electron chi connectivity index (χ3n) is 2.71. The fourth-order valence-corrected chi connectivity index (χ4v) is 1.76. The monoisotopic (exact) mass is 258 g/mol. The molecule has 0 amide bonds. The van der Waals surface area contributed by atoms with E-state index in [-0.39, 0.29) is 13.0 Å². The van der Waals surface area contributed by atoms with Crippen LogP contribution in [0.25, 0.3) is 0 Å². The van der Waals surface area contributed by atoms with E-state index < -0.39 is 35.2 Å². The van der Waals surface area contributed by atoms with Crippen LogP contribution in [0.1, 0.15) is 31.9 Å². The summed E-state index contributed by atoms with van der Waals surface area (Å²) in [6.45, 7) is 3.42. The van der Waals surface area contributed by atoms with Crippen LogP contribution in [0.2, 0.25) is 0 Å². The highest BCUT2D eigenvalue weighted by atomic mass is 19.1. The summed E-state index contributed by atoms with van der Waals surface area (Å²) >= 11 is 0. The first-order chi connectivity index (χ1) is 8.52. The summed E-state index contributed by atoms with van der Waals surface area (Å²) in [6, 6.07) is 3.28. The minimum absolute atomic E-state index is 0.155. The second-order valence-electron chi connectivity index (χ2n) is 3.85. The van der Waals surface area contributed by atoms with Crippen LogP contribution in [0.4, 0.5) is 8.78 Å². The smallest absolute Gasteiger partial charge is 0.311 e. The van der Waals surface area contributed by atoms with Gasteiger partial charge in [0.15, 0.2) is 0 Å². The molecule has 100 valence electrons. The highest BCUT2D eigenvalue weighted by Crippen LogP contribution is 2.29. The van der Waals surface area contributed by atoms with Crippen LogP contribution in [0.5, 0.6) is 0 Å². The molecule has 0 aromatic heterocycles. The molecular weight excluding hydrogens is 242 g/mol. The van der Waals surface area contributed by atoms with Crippen LogP contribution in [-0.4, -0.2) is 17.7 Å². The topological polar surface area (TPSA) is 46.5 Å². The van der Waals surface area contributed by atoms with Crippen molar-refractivity contribution >= 4 is 5.97 Å². The first-order valence-electron chi connectivity index (χ1n) is 5.81. The minimum Gasteiger partial charge on any atom is -0.466 e. The van der Waals surface area contributed by atoms with Gasteiger partial charge in [-0.2, -0.15) is 0 Å². The Morgan fingerprint density at radius 3 is 2.33 bits per heavy atom. The summed E-state index contributed by atoms with van der Waals surface area (Å²) < 4.78 is 31.8. The average molecular weight is 258 g/mol. The van der Waals surface area contributed by atoms with Gasteiger partial charge in [0, 0.05) is 0 Å². The second kappa shape index (κ2) is 6.44. The predicted molar refractivity (Wildman–Crippen MR) is 61.7 cm³/mol. The van der Waals surface area contributed by atoms with E-state index in [9.17, 15) is 18.7 Å². The number of aliphatic hydroxyl groups excluding tert-OH is 1. The van der Waals surface area contributed by atoms with Crippen molar-refractivity contribution in [3.05, 3.63) is 35.4 Å². The number of hydrogen-bond donors (Lipinski definition) is 1. The van der Waals surface area contributed by atoms with Crippen molar-refractivity contribution < 1.29 is 23.4 Å². The maximum absolute atomic E-state index is 13.5. The van der Waals surface area contributed by atoms with Crippen LogP contribution in [0, 0.1) is 17.6 Å². The average Bonchev–Trinajstić information content (AvgIpc) is 2.30. The van der Waals surface area contributed by atoms with Gasteiger partial charge in [-0.05, 0) is 25.5 Å². The summed E-state index contributed by atoms with van der Waals surface area (Å²) in [4.78, 5) is 11.6. The van der Waals surface area contributed by atoms with Crippen LogP contribution in [0.15, 0.2) is 18.2 Å². The van der Waals surface area contributed by atoms with E-state index >= 15 is 0 Å². The number of aliphatic hydroxyl groups is 1. The summed E-state index contributed by atoms with van der Waals surface area (Å²) in [5, 5.41) is 9.96. The number of esters is 1. The molecule has 0 aliphatic carbocycles. The minimum atomic E-state index is -1.55. The van der Waals surface area contributed by atoms with Crippen molar-refractivity contribution in [3.8, 4) is 0 Å². The summed E-state index contributed by atoms with van der Waals surface area (Å²) in [5.41, 5.74) is -0.489. The Morgan fingerprint density at radius 2 is 1.89 bits per heavy atom. The molecule has 0 aliphatic heterocycles. The van der Waals surface area contributed by atoms with Gasteiger partial charge in [0.1, 0.15) is 11.6 Å². The summed E-state index contributed by atoms with van der Waals surface area (Å²) in [6.07, 6.45) is -1.32. The first kappa shape index (κ1) is 14.6. The van der Waals surface area contributed by atoms with Crippen molar-refractivity contribution in [2.24, 2.45) is 5.92 Å². The van der Waals surface area contributed by atoms with Gasteiger partial charge in [-0.1, -0.05) is 13.0 Å². The SMILES string of the molecule is CCOC(=O)C(CC)C(O)c1c(F)cccc1F. The van der Waals surface area contributed by atoms with Gasteiger partial charge in [0.2, 0.25) is 0 Å². The van der Waals surface area contributed by atoms with Crippen LogP contribution < -0.4 is 0 Å². The van der Waals surface area contributed by atoms with Crippen molar-refractivity contribution in [1.82, 2.24) is 0 Å². The zero-order chi connectivity index (χ0) is 13.7. The Hall–Kier alpha value is -1.49. The molecule has 2 atom stereocenters. The van der Waals surface area contributed by atoms with E-state index in [0.29, 0.717) is 0 Å². The highest BCUT2D eigenvalue weighted by Gasteiger charge is 2.31. The first-order valence-corrected chi connectivity index (χ1v) is 5.81. The third-order valence-corrected chi connectivity index (χ3v) is 2.71. The Balaban J connectivity index is 3.03. The van der Waals surface area contributed by atoms with E-state index in [2.05, 4.69) is 0 Å². The number of carbonyl (C=O) groups is 1. The number of carbonyl (C=O) groups excluding carboxylic acids is 1. The van der Waals surface area contributed by atoms with Crippen molar-refractivity contribution in [2.75, 3.05) is 6.61 Å². The molecule has 18 heavy (non-hydrogen) atoms. The van der Waals surface area contributed by atoms with E-state index in [0.717, 1.165) is 12.1 Å². The van der Waals surface area contributed by atoms with E-state index in [1.54, 1.807) is 13.8 Å². The molecule has 0 radical (unpaired) electrons. The van der Waals surface area contributed by atoms with Crippen molar-refractivity contribution in [2.45, 2.75) is 26.4 Å². The molecule has 5 heteroatoms. The lowest BCUT2D eigenvalue weighted by Crippen LogP contribution is -2.25. The lowest BCUT2D eigenvalue weighted by atomic mass is 9.93. The number of hydrogen-bond acceptors (Lipinski definition) is 3. The van der Waals surface area contributed by atoms with E-state index in [1.165, 1.54) is 6.07 Å². The lowest BCUT2D eigenvalue weighted by molar-refractivity contribution is -0.152. The number of rotatable bonds is 5. The Morgan fingerprint density at radius 1 is 1.33 bits per heavy atom. The van der Waals surface area contributed by atoms with Crippen LogP contribution in [-0.2, 0) is 9.53 Å². The fraction of sp³-hybridized carbons (Fsp3) is 0.462. The fourth-order valence-electron chi connectivity index (χ4n) is 1.76. The van der Waals surface area contributed by atoms with E-state index in [1.807, 2.05) is 0 Å². The molecule has 0 spiro atoms. The molecule has 1 aromatic rings. The molecule has 0 heterocycles. The van der Waals surface area contributed by atoms with Gasteiger partial charge in [-0.25, -0.2) is 8.78 Å². The van der Waals surface area contributed by atoms with Gasteiger partial charge in [0.25, 0.3) is 0 Å². The Kier molecular flexibility index (Phi) is 5.22. The van der Waals surface area contributed by atoms with Gasteiger partial charge in [0.05, 0.1) is 24.2 Å². The normalized spacial score (nSPS) is 14.1. The van der Waals surface area contributed by atoms with Crippen LogP contribution in [0.3, 0.4) is 0 Å². The quantitative estimate of drug-likeness (QED) is 0.826. The molecular formula is C13H16F2O3. The molecule has 1 aromatic carbocycles.